The summed E-state index contributed by atoms with van der Waals surface area (Å²) in [5.41, 5.74) is -1.26. The third-order valence-electron chi connectivity index (χ3n) is 2.76. The lowest BCUT2D eigenvalue weighted by Crippen LogP contribution is -2.55. The summed E-state index contributed by atoms with van der Waals surface area (Å²) in [6, 6.07) is -0.453. The van der Waals surface area contributed by atoms with Gasteiger partial charge in [0.25, 0.3) is 0 Å². The Kier molecular flexibility index (Phi) is 8.09. The molecule has 1 atom stereocenters. The third kappa shape index (κ3) is 6.40. The van der Waals surface area contributed by atoms with Crippen LogP contribution in [0.1, 0.15) is 26.7 Å². The Morgan fingerprint density at radius 2 is 2.00 bits per heavy atom. The molecule has 1 unspecified atom stereocenters. The van der Waals surface area contributed by atoms with Crippen molar-refractivity contribution in [1.29, 1.82) is 0 Å². The molecule has 0 saturated heterocycles. The molecule has 7 heteroatoms. The highest BCUT2D eigenvalue weighted by molar-refractivity contribution is 5.85. The molecule has 0 aliphatic carbocycles. The Bertz CT molecular complexity index is 298. The number of hydrogen-bond acceptors (Lipinski definition) is 4. The van der Waals surface area contributed by atoms with Crippen LogP contribution in [0.25, 0.3) is 0 Å². The Morgan fingerprint density at radius 3 is 2.47 bits per heavy atom. The number of likely N-dealkylation sites (N-methyl/N-ethyl adjacent to an activating group) is 1. The van der Waals surface area contributed by atoms with E-state index in [1.54, 1.807) is 7.05 Å². The zero-order valence-electron chi connectivity index (χ0n) is 11.8. The van der Waals surface area contributed by atoms with E-state index in [0.717, 1.165) is 0 Å². The van der Waals surface area contributed by atoms with E-state index in [9.17, 15) is 9.59 Å². The number of rotatable bonds is 9. The topological polar surface area (TPSA) is 99.1 Å². The standard InChI is InChI=1S/C12H24N2O5/c1-4-5-12(2,10(16)17)13-11(18)14(3)6-8-19-9-7-15/h15H,4-9H2,1-3H3,(H,13,18)(H,16,17). The van der Waals surface area contributed by atoms with Crippen LogP contribution in [-0.4, -0.2) is 66.1 Å². The van der Waals surface area contributed by atoms with Gasteiger partial charge in [-0.1, -0.05) is 13.3 Å². The van der Waals surface area contributed by atoms with E-state index in [4.69, 9.17) is 14.9 Å². The highest BCUT2D eigenvalue weighted by atomic mass is 16.5. The molecule has 0 aromatic heterocycles. The zero-order valence-corrected chi connectivity index (χ0v) is 11.8. The number of aliphatic hydroxyl groups excluding tert-OH is 1. The molecule has 0 aromatic carbocycles. The third-order valence-corrected chi connectivity index (χ3v) is 2.76. The quantitative estimate of drug-likeness (QED) is 0.525. The minimum atomic E-state index is -1.26. The summed E-state index contributed by atoms with van der Waals surface area (Å²) >= 11 is 0. The Labute approximate surface area is 113 Å². The molecule has 7 nitrogen and oxygen atoms in total. The van der Waals surface area contributed by atoms with Crippen LogP contribution in [0.2, 0.25) is 0 Å². The van der Waals surface area contributed by atoms with E-state index in [0.29, 0.717) is 26.0 Å². The number of ether oxygens (including phenoxy) is 1. The maximum absolute atomic E-state index is 11.8. The Balaban J connectivity index is 4.28. The summed E-state index contributed by atoms with van der Waals surface area (Å²) in [6.45, 7) is 4.13. The number of amides is 2. The Hall–Kier alpha value is -1.34. The van der Waals surface area contributed by atoms with Gasteiger partial charge in [0.15, 0.2) is 0 Å². The molecule has 0 spiro atoms. The number of aliphatic hydroxyl groups is 1. The molecule has 0 radical (unpaired) electrons. The molecule has 19 heavy (non-hydrogen) atoms. The summed E-state index contributed by atoms with van der Waals surface area (Å²) in [7, 11) is 1.56. The van der Waals surface area contributed by atoms with Crippen LogP contribution in [-0.2, 0) is 9.53 Å². The fourth-order valence-electron chi connectivity index (χ4n) is 1.52. The first kappa shape index (κ1) is 17.7. The van der Waals surface area contributed by atoms with Crippen molar-refractivity contribution in [2.45, 2.75) is 32.2 Å². The van der Waals surface area contributed by atoms with E-state index in [-0.39, 0.29) is 13.2 Å². The molecule has 0 aliphatic rings. The molecule has 0 fully saturated rings. The number of carbonyl (C=O) groups excluding carboxylic acids is 1. The van der Waals surface area contributed by atoms with E-state index >= 15 is 0 Å². The number of aliphatic carboxylic acids is 1. The first-order chi connectivity index (χ1) is 8.87. The second-order valence-electron chi connectivity index (χ2n) is 4.57. The van der Waals surface area contributed by atoms with Gasteiger partial charge in [-0.05, 0) is 13.3 Å². The van der Waals surface area contributed by atoms with Gasteiger partial charge in [0.2, 0.25) is 0 Å². The minimum Gasteiger partial charge on any atom is -0.480 e. The summed E-state index contributed by atoms with van der Waals surface area (Å²) in [4.78, 5) is 24.4. The lowest BCUT2D eigenvalue weighted by atomic mass is 9.96. The van der Waals surface area contributed by atoms with Crippen molar-refractivity contribution in [2.24, 2.45) is 0 Å². The van der Waals surface area contributed by atoms with E-state index in [1.165, 1.54) is 11.8 Å². The molecule has 0 rings (SSSR count). The van der Waals surface area contributed by atoms with Crippen LogP contribution in [0.15, 0.2) is 0 Å². The number of nitrogens with one attached hydrogen (secondary N) is 1. The molecule has 0 saturated carbocycles. The van der Waals surface area contributed by atoms with Crippen molar-refractivity contribution >= 4 is 12.0 Å². The van der Waals surface area contributed by atoms with Gasteiger partial charge in [0.1, 0.15) is 5.54 Å². The smallest absolute Gasteiger partial charge is 0.329 e. The zero-order chi connectivity index (χ0) is 14.9. The summed E-state index contributed by atoms with van der Waals surface area (Å²) in [6.07, 6.45) is 1.02. The van der Waals surface area contributed by atoms with Crippen molar-refractivity contribution in [3.8, 4) is 0 Å². The van der Waals surface area contributed by atoms with Crippen LogP contribution < -0.4 is 5.32 Å². The maximum atomic E-state index is 11.8. The Morgan fingerprint density at radius 1 is 1.37 bits per heavy atom. The molecule has 0 bridgehead atoms. The molecule has 0 aromatic rings. The van der Waals surface area contributed by atoms with Crippen LogP contribution in [0, 0.1) is 0 Å². The van der Waals surface area contributed by atoms with Gasteiger partial charge in [0, 0.05) is 13.6 Å². The number of carboxylic acids is 1. The number of carbonyl (C=O) groups is 2. The fraction of sp³-hybridized carbons (Fsp3) is 0.833. The molecule has 0 heterocycles. The van der Waals surface area contributed by atoms with E-state index in [1.807, 2.05) is 6.92 Å². The van der Waals surface area contributed by atoms with Crippen molar-refractivity contribution in [2.75, 3.05) is 33.4 Å². The van der Waals surface area contributed by atoms with Gasteiger partial charge in [-0.25, -0.2) is 9.59 Å². The summed E-state index contributed by atoms with van der Waals surface area (Å²) in [5.74, 6) is -1.05. The number of urea groups is 1. The second-order valence-corrected chi connectivity index (χ2v) is 4.57. The number of carboxylic acid groups (broad SMARTS) is 1. The molecule has 0 aliphatic heterocycles. The average molecular weight is 276 g/mol. The molecular formula is C12H24N2O5. The average Bonchev–Trinajstić information content (AvgIpc) is 2.34. The predicted molar refractivity (Wildman–Crippen MR) is 70.0 cm³/mol. The highest BCUT2D eigenvalue weighted by Gasteiger charge is 2.34. The van der Waals surface area contributed by atoms with Crippen molar-refractivity contribution < 1.29 is 24.5 Å². The highest BCUT2D eigenvalue weighted by Crippen LogP contribution is 2.13. The predicted octanol–water partition coefficient (Wildman–Crippen LogP) is 0.280. The van der Waals surface area contributed by atoms with Gasteiger partial charge < -0.3 is 25.2 Å². The van der Waals surface area contributed by atoms with E-state index < -0.39 is 17.5 Å². The van der Waals surface area contributed by atoms with Gasteiger partial charge in [-0.2, -0.15) is 0 Å². The van der Waals surface area contributed by atoms with Crippen LogP contribution in [0.4, 0.5) is 4.79 Å². The monoisotopic (exact) mass is 276 g/mol. The molecule has 3 N–H and O–H groups in total. The first-order valence-corrected chi connectivity index (χ1v) is 6.32. The minimum absolute atomic E-state index is 0.0660. The van der Waals surface area contributed by atoms with Crippen LogP contribution in [0.5, 0.6) is 0 Å². The fourth-order valence-corrected chi connectivity index (χ4v) is 1.52. The van der Waals surface area contributed by atoms with Crippen LogP contribution >= 0.6 is 0 Å². The lowest BCUT2D eigenvalue weighted by molar-refractivity contribution is -0.144. The molecule has 112 valence electrons. The SMILES string of the molecule is CCCC(C)(NC(=O)N(C)CCOCCO)C(=O)O. The van der Waals surface area contributed by atoms with Gasteiger partial charge >= 0.3 is 12.0 Å². The first-order valence-electron chi connectivity index (χ1n) is 6.32. The maximum Gasteiger partial charge on any atom is 0.329 e. The summed E-state index contributed by atoms with van der Waals surface area (Å²) in [5, 5.41) is 20.2. The second kappa shape index (κ2) is 8.71. The van der Waals surface area contributed by atoms with Crippen molar-refractivity contribution in [1.82, 2.24) is 10.2 Å². The summed E-state index contributed by atoms with van der Waals surface area (Å²) < 4.78 is 5.04. The van der Waals surface area contributed by atoms with Gasteiger partial charge in [0.05, 0.1) is 19.8 Å². The molecular weight excluding hydrogens is 252 g/mol. The number of hydrogen-bond donors (Lipinski definition) is 3. The lowest BCUT2D eigenvalue weighted by Gasteiger charge is -2.28. The van der Waals surface area contributed by atoms with Crippen molar-refractivity contribution in [3.05, 3.63) is 0 Å². The van der Waals surface area contributed by atoms with Gasteiger partial charge in [-0.15, -0.1) is 0 Å². The molecule has 2 amide bonds. The number of nitrogens with zero attached hydrogens (tertiary/aromatic N) is 1. The normalized spacial score (nSPS) is 13.7. The van der Waals surface area contributed by atoms with Crippen LogP contribution in [0.3, 0.4) is 0 Å². The largest absolute Gasteiger partial charge is 0.480 e. The van der Waals surface area contributed by atoms with Crippen molar-refractivity contribution in [3.63, 3.8) is 0 Å². The van der Waals surface area contributed by atoms with E-state index in [2.05, 4.69) is 5.32 Å². The van der Waals surface area contributed by atoms with Gasteiger partial charge in [-0.3, -0.25) is 0 Å².